The van der Waals surface area contributed by atoms with Gasteiger partial charge in [-0.25, -0.2) is 0 Å². The maximum atomic E-state index is 12.1. The molecule has 0 aliphatic rings. The van der Waals surface area contributed by atoms with Gasteiger partial charge in [0.15, 0.2) is 11.0 Å². The lowest BCUT2D eigenvalue weighted by Crippen LogP contribution is -2.31. The monoisotopic (exact) mass is 382 g/mol. The number of hydrogen-bond donors (Lipinski definition) is 1. The van der Waals surface area contributed by atoms with E-state index in [4.69, 9.17) is 6.42 Å². The zero-order valence-electron chi connectivity index (χ0n) is 14.3. The van der Waals surface area contributed by atoms with Gasteiger partial charge in [-0.2, -0.15) is 0 Å². The largest absolute Gasteiger partial charge is 0.344 e. The van der Waals surface area contributed by atoms with Gasteiger partial charge < -0.3 is 5.32 Å². The van der Waals surface area contributed by atoms with Crippen LogP contribution in [0.5, 0.6) is 0 Å². The highest BCUT2D eigenvalue weighted by atomic mass is 32.2. The van der Waals surface area contributed by atoms with Gasteiger partial charge in [-0.1, -0.05) is 54.1 Å². The summed E-state index contributed by atoms with van der Waals surface area (Å²) in [6.07, 6.45) is 5.20. The first-order valence-electron chi connectivity index (χ1n) is 8.08. The van der Waals surface area contributed by atoms with Crippen LogP contribution in [0.2, 0.25) is 0 Å². The molecule has 0 aliphatic carbocycles. The number of thioether (sulfide) groups is 1. The summed E-state index contributed by atoms with van der Waals surface area (Å²) in [6, 6.07) is 14.1. The van der Waals surface area contributed by atoms with Crippen LogP contribution in [0.15, 0.2) is 53.0 Å². The normalized spacial score (nSPS) is 11.7. The summed E-state index contributed by atoms with van der Waals surface area (Å²) >= 11 is 3.00. The lowest BCUT2D eigenvalue weighted by molar-refractivity contribution is -0.120. The SMILES string of the molecule is C#CCNC(=O)C(C)Sc1nnc(-c2cccs2)n1Cc1ccccc1. The smallest absolute Gasteiger partial charge is 0.234 e. The van der Waals surface area contributed by atoms with Gasteiger partial charge in [0.05, 0.1) is 23.2 Å². The molecule has 7 heteroatoms. The molecule has 2 heterocycles. The van der Waals surface area contributed by atoms with Gasteiger partial charge in [-0.05, 0) is 23.9 Å². The number of hydrogen-bond acceptors (Lipinski definition) is 5. The first-order valence-corrected chi connectivity index (χ1v) is 9.84. The fourth-order valence-electron chi connectivity index (χ4n) is 2.37. The number of carbonyl (C=O) groups excluding carboxylic acids is 1. The van der Waals surface area contributed by atoms with Crippen LogP contribution in [0.25, 0.3) is 10.7 Å². The van der Waals surface area contributed by atoms with Gasteiger partial charge in [0.2, 0.25) is 5.91 Å². The predicted molar refractivity (Wildman–Crippen MR) is 106 cm³/mol. The molecule has 0 saturated carbocycles. The molecule has 0 spiro atoms. The maximum absolute atomic E-state index is 12.1. The summed E-state index contributed by atoms with van der Waals surface area (Å²) in [5, 5.41) is 13.8. The molecule has 0 fully saturated rings. The van der Waals surface area contributed by atoms with Crippen LogP contribution in [0.1, 0.15) is 12.5 Å². The van der Waals surface area contributed by atoms with E-state index in [1.807, 2.05) is 42.6 Å². The molecule has 3 aromatic rings. The fraction of sp³-hybridized carbons (Fsp3) is 0.211. The zero-order chi connectivity index (χ0) is 18.4. The summed E-state index contributed by atoms with van der Waals surface area (Å²) in [6.45, 7) is 2.70. The second-order valence-corrected chi connectivity index (χ2v) is 7.79. The first-order chi connectivity index (χ1) is 12.7. The van der Waals surface area contributed by atoms with Crippen molar-refractivity contribution in [3.05, 3.63) is 53.4 Å². The molecular weight excluding hydrogens is 364 g/mol. The quantitative estimate of drug-likeness (QED) is 0.503. The van der Waals surface area contributed by atoms with Crippen LogP contribution >= 0.6 is 23.1 Å². The van der Waals surface area contributed by atoms with E-state index in [1.165, 1.54) is 11.8 Å². The van der Waals surface area contributed by atoms with Crippen LogP contribution in [0, 0.1) is 12.3 Å². The Balaban J connectivity index is 1.87. The van der Waals surface area contributed by atoms with Crippen molar-refractivity contribution in [1.82, 2.24) is 20.1 Å². The average molecular weight is 383 g/mol. The molecule has 3 rings (SSSR count). The number of terminal acetylenes is 1. The van der Waals surface area contributed by atoms with Crippen molar-refractivity contribution in [1.29, 1.82) is 0 Å². The van der Waals surface area contributed by atoms with E-state index < -0.39 is 0 Å². The predicted octanol–water partition coefficient (Wildman–Crippen LogP) is 3.28. The Kier molecular flexibility index (Phi) is 6.10. The Bertz CT molecular complexity index is 898. The molecule has 132 valence electrons. The Morgan fingerprint density at radius 1 is 1.31 bits per heavy atom. The Morgan fingerprint density at radius 3 is 2.81 bits per heavy atom. The Labute approximate surface area is 160 Å². The van der Waals surface area contributed by atoms with Crippen molar-refractivity contribution in [2.24, 2.45) is 0 Å². The number of aromatic nitrogens is 3. The van der Waals surface area contributed by atoms with Crippen molar-refractivity contribution in [2.45, 2.75) is 23.9 Å². The molecular formula is C19H18N4OS2. The molecule has 0 saturated heterocycles. The number of carbonyl (C=O) groups is 1. The summed E-state index contributed by atoms with van der Waals surface area (Å²) < 4.78 is 2.05. The molecule has 0 aliphatic heterocycles. The van der Waals surface area contributed by atoms with Gasteiger partial charge in [-0.15, -0.1) is 28.0 Å². The van der Waals surface area contributed by atoms with Crippen molar-refractivity contribution in [3.63, 3.8) is 0 Å². The molecule has 1 aromatic carbocycles. The fourth-order valence-corrected chi connectivity index (χ4v) is 3.96. The molecule has 26 heavy (non-hydrogen) atoms. The van der Waals surface area contributed by atoms with Gasteiger partial charge >= 0.3 is 0 Å². The van der Waals surface area contributed by atoms with E-state index in [1.54, 1.807) is 11.3 Å². The molecule has 1 atom stereocenters. The second kappa shape index (κ2) is 8.70. The van der Waals surface area contributed by atoms with Crippen molar-refractivity contribution in [2.75, 3.05) is 6.54 Å². The van der Waals surface area contributed by atoms with Crippen LogP contribution in [0.4, 0.5) is 0 Å². The second-order valence-electron chi connectivity index (χ2n) is 5.54. The summed E-state index contributed by atoms with van der Waals surface area (Å²) in [5.41, 5.74) is 1.15. The van der Waals surface area contributed by atoms with E-state index in [0.717, 1.165) is 16.3 Å². The average Bonchev–Trinajstić information content (AvgIpc) is 3.31. The molecule has 0 bridgehead atoms. The maximum Gasteiger partial charge on any atom is 0.234 e. The number of benzene rings is 1. The minimum atomic E-state index is -0.321. The number of rotatable bonds is 7. The lowest BCUT2D eigenvalue weighted by Gasteiger charge is -2.13. The lowest BCUT2D eigenvalue weighted by atomic mass is 10.2. The van der Waals surface area contributed by atoms with E-state index >= 15 is 0 Å². The number of nitrogens with zero attached hydrogens (tertiary/aromatic N) is 3. The zero-order valence-corrected chi connectivity index (χ0v) is 15.9. The van der Waals surface area contributed by atoms with E-state index in [-0.39, 0.29) is 17.7 Å². The molecule has 1 N–H and O–H groups in total. The highest BCUT2D eigenvalue weighted by Gasteiger charge is 2.21. The molecule has 1 amide bonds. The third-order valence-corrected chi connectivity index (χ3v) is 5.60. The standard InChI is InChI=1S/C19H18N4OS2/c1-3-11-20-18(24)14(2)26-19-22-21-17(16-10-7-12-25-16)23(19)13-15-8-5-4-6-9-15/h1,4-10,12,14H,11,13H2,2H3,(H,20,24). The highest BCUT2D eigenvalue weighted by molar-refractivity contribution is 8.00. The third kappa shape index (κ3) is 4.34. The van der Waals surface area contributed by atoms with Crippen LogP contribution < -0.4 is 5.32 Å². The third-order valence-electron chi connectivity index (χ3n) is 3.66. The minimum Gasteiger partial charge on any atom is -0.344 e. The number of thiophene rings is 1. The summed E-state index contributed by atoms with van der Waals surface area (Å²) in [5.74, 6) is 3.11. The highest BCUT2D eigenvalue weighted by Crippen LogP contribution is 2.30. The summed E-state index contributed by atoms with van der Waals surface area (Å²) in [4.78, 5) is 13.2. The Hall–Kier alpha value is -2.56. The number of amides is 1. The van der Waals surface area contributed by atoms with Crippen molar-refractivity contribution < 1.29 is 4.79 Å². The van der Waals surface area contributed by atoms with Crippen LogP contribution in [0.3, 0.4) is 0 Å². The van der Waals surface area contributed by atoms with Crippen molar-refractivity contribution >= 4 is 29.0 Å². The van der Waals surface area contributed by atoms with Crippen LogP contribution in [-0.2, 0) is 11.3 Å². The van der Waals surface area contributed by atoms with Crippen LogP contribution in [-0.4, -0.2) is 32.5 Å². The Morgan fingerprint density at radius 2 is 2.12 bits per heavy atom. The molecule has 0 radical (unpaired) electrons. The molecule has 5 nitrogen and oxygen atoms in total. The van der Waals surface area contributed by atoms with Gasteiger partial charge in [-0.3, -0.25) is 9.36 Å². The summed E-state index contributed by atoms with van der Waals surface area (Å²) in [7, 11) is 0. The molecule has 2 aromatic heterocycles. The minimum absolute atomic E-state index is 0.111. The van der Waals surface area contributed by atoms with Gasteiger partial charge in [0, 0.05) is 0 Å². The van der Waals surface area contributed by atoms with Gasteiger partial charge in [0.1, 0.15) is 0 Å². The van der Waals surface area contributed by atoms with Crippen molar-refractivity contribution in [3.8, 4) is 23.0 Å². The molecule has 1 unspecified atom stereocenters. The first kappa shape index (κ1) is 18.2. The topological polar surface area (TPSA) is 59.8 Å². The van der Waals surface area contributed by atoms with Gasteiger partial charge in [0.25, 0.3) is 0 Å². The van der Waals surface area contributed by atoms with E-state index in [0.29, 0.717) is 11.7 Å². The van der Waals surface area contributed by atoms with E-state index in [2.05, 4.69) is 38.1 Å². The number of nitrogens with one attached hydrogen (secondary N) is 1. The van der Waals surface area contributed by atoms with E-state index in [9.17, 15) is 4.79 Å².